The van der Waals surface area contributed by atoms with Crippen LogP contribution in [-0.2, 0) is 25.2 Å². The monoisotopic (exact) mass is 550 g/mol. The number of aryl methyl sites for hydroxylation is 1. The van der Waals surface area contributed by atoms with Gasteiger partial charge in [0.2, 0.25) is 5.96 Å². The molecule has 1 atom stereocenters. The van der Waals surface area contributed by atoms with Crippen molar-refractivity contribution < 1.29 is 17.9 Å². The zero-order chi connectivity index (χ0) is 27.2. The fourth-order valence-corrected chi connectivity index (χ4v) is 5.26. The van der Waals surface area contributed by atoms with Crippen LogP contribution in [0.5, 0.6) is 0 Å². The van der Waals surface area contributed by atoms with Crippen molar-refractivity contribution in [2.45, 2.75) is 17.4 Å². The highest BCUT2D eigenvalue weighted by atomic mass is 35.5. The first kappa shape index (κ1) is 27.3. The lowest BCUT2D eigenvalue weighted by atomic mass is 9.85. The first-order valence-corrected chi connectivity index (χ1v) is 13.6. The lowest BCUT2D eigenvalue weighted by Gasteiger charge is -2.32. The molecule has 38 heavy (non-hydrogen) atoms. The minimum Gasteiger partial charge on any atom is -0.358 e. The van der Waals surface area contributed by atoms with Crippen LogP contribution in [0.4, 0.5) is 0 Å². The maximum atomic E-state index is 13.2. The van der Waals surface area contributed by atoms with Crippen molar-refractivity contribution in [1.29, 1.82) is 0 Å². The van der Waals surface area contributed by atoms with E-state index in [1.165, 1.54) is 30.3 Å². The number of benzene rings is 3. The second kappa shape index (κ2) is 11.7. The van der Waals surface area contributed by atoms with Crippen LogP contribution in [0.1, 0.15) is 16.7 Å². The summed E-state index contributed by atoms with van der Waals surface area (Å²) < 4.78 is 35.4. The Morgan fingerprint density at radius 1 is 1.11 bits per heavy atom. The van der Waals surface area contributed by atoms with E-state index < -0.39 is 15.6 Å². The zero-order valence-electron chi connectivity index (χ0n) is 20.9. The first-order chi connectivity index (χ1) is 18.3. The van der Waals surface area contributed by atoms with Crippen molar-refractivity contribution in [1.82, 2.24) is 9.73 Å². The molecule has 0 saturated carbocycles. The van der Waals surface area contributed by atoms with Crippen LogP contribution < -0.4 is 4.72 Å². The summed E-state index contributed by atoms with van der Waals surface area (Å²) in [6, 6.07) is 23.2. The molecule has 0 amide bonds. The summed E-state index contributed by atoms with van der Waals surface area (Å²) in [6.07, 6.45) is 3.64. The van der Waals surface area contributed by atoms with Crippen molar-refractivity contribution in [2.75, 3.05) is 20.2 Å². The smallest absolute Gasteiger partial charge is 0.264 e. The van der Waals surface area contributed by atoms with E-state index in [1.54, 1.807) is 30.3 Å². The molecule has 0 radical (unpaired) electrons. The molecule has 0 fully saturated rings. The summed E-state index contributed by atoms with van der Waals surface area (Å²) >= 11 is 6.15. The quantitative estimate of drug-likeness (QED) is 0.195. The topological polar surface area (TPSA) is 100 Å². The van der Waals surface area contributed by atoms with Gasteiger partial charge in [0.15, 0.2) is 5.60 Å². The number of sulfonamides is 1. The van der Waals surface area contributed by atoms with Gasteiger partial charge in [-0.15, -0.1) is 0 Å². The third-order valence-corrected chi connectivity index (χ3v) is 7.58. The molecule has 0 spiro atoms. The molecule has 1 N–H and O–H groups in total. The largest absolute Gasteiger partial charge is 0.358 e. The number of nitrogens with zero attached hydrogens (tertiary/aromatic N) is 3. The number of aliphatic imine (C=N–C) groups is 1. The van der Waals surface area contributed by atoms with E-state index in [2.05, 4.69) is 9.71 Å². The Bertz CT molecular complexity index is 1470. The van der Waals surface area contributed by atoms with Gasteiger partial charge in [0.25, 0.3) is 10.0 Å². The average Bonchev–Trinajstić information content (AvgIpc) is 3.31. The first-order valence-electron chi connectivity index (χ1n) is 11.8. The van der Waals surface area contributed by atoms with Gasteiger partial charge >= 0.3 is 0 Å². The highest BCUT2D eigenvalue weighted by Crippen LogP contribution is 2.37. The van der Waals surface area contributed by atoms with Crippen LogP contribution in [0.2, 0.25) is 5.02 Å². The number of ether oxygens (including phenoxy) is 1. The number of allylic oxidation sites excluding steroid dienone is 1. The van der Waals surface area contributed by atoms with Crippen molar-refractivity contribution in [2.24, 2.45) is 10.1 Å². The van der Waals surface area contributed by atoms with Crippen molar-refractivity contribution in [3.63, 3.8) is 0 Å². The van der Waals surface area contributed by atoms with Crippen molar-refractivity contribution in [3.8, 4) is 0 Å². The number of hydrazone groups is 1. The molecule has 0 bridgehead atoms. The van der Waals surface area contributed by atoms with Gasteiger partial charge in [0.1, 0.15) is 12.0 Å². The standard InChI is InChI=1S/C28H27ClN4O4S/c1-21-10-16-25(17-11-21)38(35,36)32-27(30-2)33-20-28(37-19-7-6-18-34,23-8-4-3-5-9-23)26(31-33)22-12-14-24(29)15-13-22/h3-18H,19-20H2,1-2H3,(H,30,32)/b7-6+. The summed E-state index contributed by atoms with van der Waals surface area (Å²) in [5, 5.41) is 6.85. The maximum Gasteiger partial charge on any atom is 0.264 e. The Morgan fingerprint density at radius 3 is 2.42 bits per heavy atom. The Labute approximate surface area is 227 Å². The minimum atomic E-state index is -3.94. The molecule has 196 valence electrons. The Morgan fingerprint density at radius 2 is 1.79 bits per heavy atom. The fourth-order valence-electron chi connectivity index (χ4n) is 4.09. The average molecular weight is 551 g/mol. The Balaban J connectivity index is 1.78. The van der Waals surface area contributed by atoms with E-state index >= 15 is 0 Å². The lowest BCUT2D eigenvalue weighted by molar-refractivity contribution is -0.104. The number of nitrogens with one attached hydrogen (secondary N) is 1. The molecule has 1 heterocycles. The zero-order valence-corrected chi connectivity index (χ0v) is 22.5. The third kappa shape index (κ3) is 5.85. The molecular formula is C28H27ClN4O4S. The van der Waals surface area contributed by atoms with Gasteiger partial charge in [-0.1, -0.05) is 77.8 Å². The number of hydrogen-bond donors (Lipinski definition) is 1. The molecule has 3 aromatic carbocycles. The summed E-state index contributed by atoms with van der Waals surface area (Å²) in [6.45, 7) is 2.11. The third-order valence-electron chi connectivity index (χ3n) is 5.99. The number of rotatable bonds is 8. The molecule has 0 aliphatic carbocycles. The summed E-state index contributed by atoms with van der Waals surface area (Å²) in [5.74, 6) is 0.0295. The lowest BCUT2D eigenvalue weighted by Crippen LogP contribution is -2.46. The highest BCUT2D eigenvalue weighted by Gasteiger charge is 2.47. The van der Waals surface area contributed by atoms with Crippen molar-refractivity contribution >= 4 is 39.6 Å². The Kier molecular flexibility index (Phi) is 8.41. The summed E-state index contributed by atoms with van der Waals surface area (Å²) in [4.78, 5) is 15.2. The van der Waals surface area contributed by atoms with Gasteiger partial charge in [-0.3, -0.25) is 9.79 Å². The molecule has 1 aliphatic heterocycles. The van der Waals surface area contributed by atoms with Gasteiger partial charge in [-0.05, 0) is 42.8 Å². The second-order valence-corrected chi connectivity index (χ2v) is 10.7. The van der Waals surface area contributed by atoms with Crippen LogP contribution in [0.15, 0.2) is 106 Å². The van der Waals surface area contributed by atoms with Gasteiger partial charge in [0, 0.05) is 17.6 Å². The van der Waals surface area contributed by atoms with Gasteiger partial charge in [0.05, 0.1) is 18.0 Å². The van der Waals surface area contributed by atoms with Gasteiger partial charge < -0.3 is 4.74 Å². The number of hydrogen-bond acceptors (Lipinski definition) is 6. The molecule has 3 aromatic rings. The predicted octanol–water partition coefficient (Wildman–Crippen LogP) is 4.30. The number of carbonyl (C=O) groups is 1. The maximum absolute atomic E-state index is 13.2. The molecule has 8 nitrogen and oxygen atoms in total. The number of guanidine groups is 1. The van der Waals surface area contributed by atoms with Crippen LogP contribution >= 0.6 is 11.6 Å². The molecule has 1 aliphatic rings. The van der Waals surface area contributed by atoms with E-state index in [9.17, 15) is 13.2 Å². The van der Waals surface area contributed by atoms with Crippen molar-refractivity contribution in [3.05, 3.63) is 113 Å². The fraction of sp³-hybridized carbons (Fsp3) is 0.179. The summed E-state index contributed by atoms with van der Waals surface area (Å²) in [5.41, 5.74) is 1.90. The van der Waals surface area contributed by atoms with E-state index in [0.29, 0.717) is 17.0 Å². The minimum absolute atomic E-state index is 0.0295. The van der Waals surface area contributed by atoms with Crippen LogP contribution in [0.3, 0.4) is 0 Å². The summed E-state index contributed by atoms with van der Waals surface area (Å²) in [7, 11) is -2.45. The molecule has 4 rings (SSSR count). The number of aldehydes is 1. The number of carbonyl (C=O) groups excluding carboxylic acids is 1. The normalized spacial score (nSPS) is 18.0. The molecule has 1 unspecified atom stereocenters. The van der Waals surface area contributed by atoms with Gasteiger partial charge in [-0.25, -0.2) is 18.1 Å². The predicted molar refractivity (Wildman–Crippen MR) is 149 cm³/mol. The number of halogens is 1. The Hall–Kier alpha value is -3.79. The van der Waals surface area contributed by atoms with Crippen LogP contribution in [-0.4, -0.2) is 51.6 Å². The van der Waals surface area contributed by atoms with Crippen LogP contribution in [0, 0.1) is 6.92 Å². The molecule has 10 heteroatoms. The SMILES string of the molecule is CN=C(NS(=O)(=O)c1ccc(C)cc1)N1CC(OC/C=C/C=O)(c2ccccc2)C(c2ccc(Cl)cc2)=N1. The van der Waals surface area contributed by atoms with Crippen LogP contribution in [0.25, 0.3) is 0 Å². The van der Waals surface area contributed by atoms with E-state index in [-0.39, 0.29) is 24.0 Å². The van der Waals surface area contributed by atoms with E-state index in [4.69, 9.17) is 21.4 Å². The second-order valence-electron chi connectivity index (χ2n) is 8.55. The van der Waals surface area contributed by atoms with Gasteiger partial charge in [-0.2, -0.15) is 5.10 Å². The molecule has 0 saturated heterocycles. The molecule has 0 aromatic heterocycles. The molecular weight excluding hydrogens is 524 g/mol. The van der Waals surface area contributed by atoms with E-state index in [1.807, 2.05) is 49.4 Å². The van der Waals surface area contributed by atoms with E-state index in [0.717, 1.165) is 16.7 Å². The highest BCUT2D eigenvalue weighted by molar-refractivity contribution is 7.90.